The summed E-state index contributed by atoms with van der Waals surface area (Å²) in [6.45, 7) is 26.4. The van der Waals surface area contributed by atoms with Crippen molar-refractivity contribution in [3.05, 3.63) is 47.8 Å². The van der Waals surface area contributed by atoms with Gasteiger partial charge in [-0.25, -0.2) is 9.67 Å². The van der Waals surface area contributed by atoms with E-state index in [0.29, 0.717) is 43.6 Å². The molecule has 1 aromatic heterocycles. The van der Waals surface area contributed by atoms with Gasteiger partial charge in [-0.2, -0.15) is 10.4 Å². The van der Waals surface area contributed by atoms with E-state index < -0.39 is 28.3 Å². The van der Waals surface area contributed by atoms with Gasteiger partial charge in [0.15, 0.2) is 5.82 Å². The summed E-state index contributed by atoms with van der Waals surface area (Å²) in [4.78, 5) is 18.5. The molecule has 300 valence electrons. The number of hydrogen-bond donors (Lipinski definition) is 2. The molecule has 1 aromatic carbocycles. The molecule has 3 N–H and O–H groups in total. The molecule has 0 unspecified atom stereocenters. The molecule has 0 amide bonds. The van der Waals surface area contributed by atoms with Gasteiger partial charge < -0.3 is 20.3 Å². The van der Waals surface area contributed by atoms with Crippen molar-refractivity contribution in [1.29, 1.82) is 5.26 Å². The van der Waals surface area contributed by atoms with Crippen LogP contribution < -0.4 is 5.73 Å². The van der Waals surface area contributed by atoms with Gasteiger partial charge in [0.1, 0.15) is 6.33 Å². The largest absolute Gasteiger partial charge is 0.481 e. The molecule has 0 radical (unpaired) electrons. The first-order valence-electron chi connectivity index (χ1n) is 20.9. The van der Waals surface area contributed by atoms with Crippen LogP contribution in [0, 0.1) is 73.4 Å². The molecule has 55 heavy (non-hydrogen) atoms. The van der Waals surface area contributed by atoms with Crippen molar-refractivity contribution in [2.75, 3.05) is 19.8 Å². The molecular weight excluding hydrogens is 687 g/mol. The van der Waals surface area contributed by atoms with E-state index in [0.717, 1.165) is 43.5 Å². The molecule has 7 rings (SSSR count). The summed E-state index contributed by atoms with van der Waals surface area (Å²) in [5.74, 6) is 0.830. The fourth-order valence-corrected chi connectivity index (χ4v) is 13.0. The zero-order valence-corrected chi connectivity index (χ0v) is 35.4. The summed E-state index contributed by atoms with van der Waals surface area (Å²) < 4.78 is 16.4. The van der Waals surface area contributed by atoms with Crippen LogP contribution in [0.15, 0.2) is 42.2 Å². The van der Waals surface area contributed by atoms with Crippen LogP contribution >= 0.6 is 0 Å². The van der Waals surface area contributed by atoms with Crippen LogP contribution in [-0.2, 0) is 14.3 Å². The highest BCUT2D eigenvalue weighted by Gasteiger charge is 2.73. The zero-order valence-electron chi connectivity index (χ0n) is 35.4. The van der Waals surface area contributed by atoms with Crippen LogP contribution in [-0.4, -0.2) is 57.3 Å². The minimum Gasteiger partial charge on any atom is -0.481 e. The highest BCUT2D eigenvalue weighted by molar-refractivity contribution is 5.73. The van der Waals surface area contributed by atoms with Gasteiger partial charge in [-0.3, -0.25) is 4.79 Å². The smallest absolute Gasteiger partial charge is 0.307 e. The monoisotopic (exact) mass is 754 g/mol. The number of nitrogens with zero attached hydrogens (tertiary/aromatic N) is 4. The van der Waals surface area contributed by atoms with Crippen LogP contribution in [0.4, 0.5) is 0 Å². The topological polar surface area (TPSA) is 136 Å². The molecule has 3 saturated carbocycles. The molecule has 0 spiro atoms. The van der Waals surface area contributed by atoms with Gasteiger partial charge in [0.05, 0.1) is 49.5 Å². The summed E-state index contributed by atoms with van der Waals surface area (Å²) in [5, 5.41) is 25.7. The minimum atomic E-state index is -0.648. The average Bonchev–Trinajstić information content (AvgIpc) is 3.60. The van der Waals surface area contributed by atoms with Gasteiger partial charge in [0.2, 0.25) is 0 Å². The van der Waals surface area contributed by atoms with Crippen LogP contribution in [0.2, 0.25) is 0 Å². The lowest BCUT2D eigenvalue weighted by Gasteiger charge is -2.71. The number of hydrogen-bond acceptors (Lipinski definition) is 7. The first kappa shape index (κ1) is 40.1. The third kappa shape index (κ3) is 5.73. The van der Waals surface area contributed by atoms with E-state index >= 15 is 0 Å². The number of fused-ring (bicyclic) bond motifs is 3. The Morgan fingerprint density at radius 3 is 2.38 bits per heavy atom. The normalized spacial score (nSPS) is 40.1. The van der Waals surface area contributed by atoms with Crippen molar-refractivity contribution < 1.29 is 19.4 Å². The number of carbonyl (C=O) groups is 1. The summed E-state index contributed by atoms with van der Waals surface area (Å²) >= 11 is 0. The number of rotatable bonds is 8. The van der Waals surface area contributed by atoms with Gasteiger partial charge >= 0.3 is 5.97 Å². The number of carboxylic acid groups (broad SMARTS) is 1. The van der Waals surface area contributed by atoms with Gasteiger partial charge in [-0.1, -0.05) is 80.9 Å². The number of nitriles is 1. The number of carboxylic acids is 1. The number of allylic oxidation sites excluding steroid dienone is 1. The quantitative estimate of drug-likeness (QED) is 0.255. The number of aromatic nitrogens is 3. The Morgan fingerprint density at radius 1 is 1.07 bits per heavy atom. The molecular formula is C46H67N5O4. The Labute approximate surface area is 329 Å². The fraction of sp³-hybridized carbons (Fsp3) is 0.739. The third-order valence-corrected chi connectivity index (χ3v) is 17.4. The van der Waals surface area contributed by atoms with E-state index in [9.17, 15) is 15.2 Å². The summed E-state index contributed by atoms with van der Waals surface area (Å²) in [6, 6.07) is 9.66. The van der Waals surface area contributed by atoms with E-state index in [1.165, 1.54) is 5.57 Å². The summed E-state index contributed by atoms with van der Waals surface area (Å²) in [7, 11) is 0. The van der Waals surface area contributed by atoms with E-state index in [1.54, 1.807) is 6.33 Å². The second-order valence-electron chi connectivity index (χ2n) is 21.3. The molecule has 5 aliphatic rings. The van der Waals surface area contributed by atoms with Gasteiger partial charge in [0, 0.05) is 16.5 Å². The van der Waals surface area contributed by atoms with Gasteiger partial charge in [-0.15, -0.1) is 0 Å². The highest BCUT2D eigenvalue weighted by atomic mass is 16.5. The second-order valence-corrected chi connectivity index (χ2v) is 21.3. The Morgan fingerprint density at radius 2 is 1.76 bits per heavy atom. The van der Waals surface area contributed by atoms with Crippen molar-refractivity contribution in [2.24, 2.45) is 67.8 Å². The lowest BCUT2D eigenvalue weighted by atomic mass is 9.34. The number of ether oxygens (including phenoxy) is 2. The maximum Gasteiger partial charge on any atom is 0.307 e. The van der Waals surface area contributed by atoms with Crippen molar-refractivity contribution in [2.45, 2.75) is 132 Å². The predicted molar refractivity (Wildman–Crippen MR) is 215 cm³/mol. The summed E-state index contributed by atoms with van der Waals surface area (Å²) in [5.41, 5.74) is 7.65. The van der Waals surface area contributed by atoms with E-state index in [2.05, 4.69) is 93.0 Å². The van der Waals surface area contributed by atoms with E-state index in [-0.39, 0.29) is 45.6 Å². The first-order valence-corrected chi connectivity index (χ1v) is 20.9. The average molecular weight is 754 g/mol. The molecule has 2 aromatic rings. The SMILES string of the molecule is CC(C)[C@@H](C)[C@@]1(C)CC[C@]2(C)[C@H]3CC[C@@H]4[C@@]5(C)COC[C@@]4(C3=CC[C@@]2(C)[C@@H]1C(=O)O)[C@@H](OC[C@](C)(N)C(C)(C)C)[C@H](n1ncnc1-c1ccc(C#N)cc1)C5. The minimum absolute atomic E-state index is 0.151. The van der Waals surface area contributed by atoms with Crippen LogP contribution in [0.5, 0.6) is 0 Å². The molecule has 2 bridgehead atoms. The molecule has 1 aliphatic heterocycles. The second kappa shape index (κ2) is 13.2. The Kier molecular flexibility index (Phi) is 9.67. The Hall–Kier alpha value is -3.06. The highest BCUT2D eigenvalue weighted by Crippen LogP contribution is 2.75. The van der Waals surface area contributed by atoms with E-state index in [4.69, 9.17) is 25.3 Å². The van der Waals surface area contributed by atoms with Gasteiger partial charge in [0.25, 0.3) is 0 Å². The Bertz CT molecular complexity index is 1870. The maximum atomic E-state index is 13.7. The van der Waals surface area contributed by atoms with Crippen molar-refractivity contribution >= 4 is 5.97 Å². The molecule has 4 fully saturated rings. The van der Waals surface area contributed by atoms with Crippen molar-refractivity contribution in [3.8, 4) is 17.5 Å². The van der Waals surface area contributed by atoms with Crippen molar-refractivity contribution in [3.63, 3.8) is 0 Å². The zero-order chi connectivity index (χ0) is 40.1. The predicted octanol–water partition coefficient (Wildman–Crippen LogP) is 9.10. The third-order valence-electron chi connectivity index (χ3n) is 17.4. The summed E-state index contributed by atoms with van der Waals surface area (Å²) in [6.07, 6.45) is 9.31. The van der Waals surface area contributed by atoms with E-state index in [1.807, 2.05) is 24.3 Å². The first-order chi connectivity index (χ1) is 25.6. The van der Waals surface area contributed by atoms with Crippen LogP contribution in [0.1, 0.15) is 126 Å². The van der Waals surface area contributed by atoms with Gasteiger partial charge in [-0.05, 0) is 120 Å². The molecule has 12 atom stereocenters. The molecule has 9 heteroatoms. The Balaban J connectivity index is 1.40. The molecule has 2 heterocycles. The number of benzene rings is 1. The van der Waals surface area contributed by atoms with Crippen LogP contribution in [0.25, 0.3) is 11.4 Å². The maximum absolute atomic E-state index is 13.7. The number of nitrogens with two attached hydrogens (primary N) is 1. The fourth-order valence-electron chi connectivity index (χ4n) is 13.0. The standard InChI is InChI=1S/C46H67N5O4/c1-28(2)29(3)42(8)20-21-43(9)32-16-17-35-41(7)22-34(51-38(49-27-50-51)31-14-12-30(23-47)13-15-31)37(55-25-45(11,48)40(4,5)6)46(35,26-54-24-41)33(32)18-19-44(43,10)36(42)39(52)53/h12-15,18,27-29,32,34-37H,16-17,19-22,24-26,48H2,1-11H3,(H,52,53)/t29-,32+,34-,35-,36-,37+,41-,42-,43-,44+,45+,46+/m1/s1. The number of aliphatic carboxylic acids is 1. The molecule has 1 saturated heterocycles. The lowest BCUT2D eigenvalue weighted by Crippen LogP contribution is -2.70. The molecule has 4 aliphatic carbocycles. The lowest BCUT2D eigenvalue weighted by molar-refractivity contribution is -0.255. The van der Waals surface area contributed by atoms with Crippen molar-refractivity contribution in [1.82, 2.24) is 14.8 Å². The molecule has 9 nitrogen and oxygen atoms in total. The van der Waals surface area contributed by atoms with Crippen LogP contribution in [0.3, 0.4) is 0 Å².